The van der Waals surface area contributed by atoms with Crippen LogP contribution in [0.1, 0.15) is 48.9 Å². The third-order valence-corrected chi connectivity index (χ3v) is 6.21. The van der Waals surface area contributed by atoms with E-state index < -0.39 is 10.2 Å². The van der Waals surface area contributed by atoms with Crippen molar-refractivity contribution in [3.05, 3.63) is 23.0 Å². The van der Waals surface area contributed by atoms with E-state index in [9.17, 15) is 8.42 Å². The molecule has 0 saturated heterocycles. The van der Waals surface area contributed by atoms with Crippen LogP contribution in [0.2, 0.25) is 0 Å². The Morgan fingerprint density at radius 3 is 2.57 bits per heavy atom. The minimum atomic E-state index is -3.50. The Hall–Kier alpha value is -1.18. The number of aromatic nitrogens is 1. The van der Waals surface area contributed by atoms with Crippen molar-refractivity contribution in [1.29, 1.82) is 0 Å². The molecule has 1 aliphatic rings. The predicted molar refractivity (Wildman–Crippen MR) is 90.7 cm³/mol. The molecule has 1 fully saturated rings. The zero-order chi connectivity index (χ0) is 17.0. The third kappa shape index (κ3) is 4.22. The van der Waals surface area contributed by atoms with Gasteiger partial charge in [0.25, 0.3) is 10.2 Å². The summed E-state index contributed by atoms with van der Waals surface area (Å²) < 4.78 is 34.5. The topological polar surface area (TPSA) is 71.5 Å². The van der Waals surface area contributed by atoms with E-state index in [0.717, 1.165) is 42.6 Å². The van der Waals surface area contributed by atoms with Crippen LogP contribution in [0.15, 0.2) is 6.20 Å². The number of hydrogen-bond donors (Lipinski definition) is 1. The van der Waals surface area contributed by atoms with Crippen LogP contribution >= 0.6 is 0 Å². The first kappa shape index (κ1) is 18.2. The first-order valence-corrected chi connectivity index (χ1v) is 9.52. The number of aryl methyl sites for hydroxylation is 1. The van der Waals surface area contributed by atoms with Gasteiger partial charge in [0.2, 0.25) is 0 Å². The van der Waals surface area contributed by atoms with Crippen molar-refractivity contribution in [1.82, 2.24) is 14.0 Å². The molecule has 0 radical (unpaired) electrons. The lowest BCUT2D eigenvalue weighted by atomic mass is 9.96. The van der Waals surface area contributed by atoms with Crippen LogP contribution in [-0.2, 0) is 16.8 Å². The molecule has 0 amide bonds. The zero-order valence-corrected chi connectivity index (χ0v) is 15.2. The lowest BCUT2D eigenvalue weighted by molar-refractivity contribution is 0.283. The molecule has 0 aliphatic heterocycles. The number of nitrogens with one attached hydrogen (secondary N) is 1. The summed E-state index contributed by atoms with van der Waals surface area (Å²) in [6.45, 7) is 3.98. The molecule has 0 bridgehead atoms. The van der Waals surface area contributed by atoms with Gasteiger partial charge in [0.05, 0.1) is 19.3 Å². The maximum Gasteiger partial charge on any atom is 0.279 e. The van der Waals surface area contributed by atoms with Gasteiger partial charge < -0.3 is 4.74 Å². The summed E-state index contributed by atoms with van der Waals surface area (Å²) in [5.74, 6) is 0.759. The number of methoxy groups -OCH3 is 1. The fraction of sp³-hybridized carbons (Fsp3) is 0.688. The van der Waals surface area contributed by atoms with Crippen molar-refractivity contribution in [2.75, 3.05) is 14.2 Å². The second-order valence-corrected chi connectivity index (χ2v) is 8.00. The van der Waals surface area contributed by atoms with Crippen LogP contribution in [-0.4, -0.2) is 37.9 Å². The van der Waals surface area contributed by atoms with E-state index in [-0.39, 0.29) is 12.6 Å². The van der Waals surface area contributed by atoms with E-state index in [0.29, 0.717) is 5.69 Å². The Morgan fingerprint density at radius 2 is 1.96 bits per heavy atom. The Bertz CT molecular complexity index is 640. The van der Waals surface area contributed by atoms with Gasteiger partial charge in [-0.25, -0.2) is 0 Å². The predicted octanol–water partition coefficient (Wildman–Crippen LogP) is 2.31. The lowest BCUT2D eigenvalue weighted by Gasteiger charge is -2.30. The largest absolute Gasteiger partial charge is 0.496 e. The van der Waals surface area contributed by atoms with Crippen molar-refractivity contribution in [2.45, 2.75) is 58.5 Å². The molecule has 130 valence electrons. The summed E-state index contributed by atoms with van der Waals surface area (Å²) in [4.78, 5) is 4.34. The van der Waals surface area contributed by atoms with Gasteiger partial charge in [0, 0.05) is 30.4 Å². The molecule has 2 rings (SSSR count). The lowest BCUT2D eigenvalue weighted by Crippen LogP contribution is -2.44. The van der Waals surface area contributed by atoms with Crippen LogP contribution in [0.3, 0.4) is 0 Å². The molecule has 6 nitrogen and oxygen atoms in total. The highest BCUT2D eigenvalue weighted by Gasteiger charge is 2.27. The molecular weight excluding hydrogens is 314 g/mol. The average molecular weight is 341 g/mol. The van der Waals surface area contributed by atoms with E-state index in [1.807, 2.05) is 13.8 Å². The molecule has 0 spiro atoms. The van der Waals surface area contributed by atoms with Gasteiger partial charge in [-0.05, 0) is 26.7 Å². The van der Waals surface area contributed by atoms with Crippen molar-refractivity contribution < 1.29 is 13.2 Å². The van der Waals surface area contributed by atoms with E-state index >= 15 is 0 Å². The van der Waals surface area contributed by atoms with Crippen LogP contribution < -0.4 is 9.46 Å². The summed E-state index contributed by atoms with van der Waals surface area (Å²) in [5.41, 5.74) is 2.50. The van der Waals surface area contributed by atoms with Gasteiger partial charge in [-0.1, -0.05) is 19.3 Å². The molecule has 1 aliphatic carbocycles. The second kappa shape index (κ2) is 7.59. The highest BCUT2D eigenvalue weighted by atomic mass is 32.2. The van der Waals surface area contributed by atoms with Crippen molar-refractivity contribution in [3.63, 3.8) is 0 Å². The highest BCUT2D eigenvalue weighted by molar-refractivity contribution is 7.87. The van der Waals surface area contributed by atoms with E-state index in [1.165, 1.54) is 10.7 Å². The van der Waals surface area contributed by atoms with Gasteiger partial charge >= 0.3 is 0 Å². The van der Waals surface area contributed by atoms with Gasteiger partial charge in [0.15, 0.2) is 0 Å². The Balaban J connectivity index is 2.07. The second-order valence-electron chi connectivity index (χ2n) is 6.18. The maximum absolute atomic E-state index is 12.5. The molecule has 1 N–H and O–H groups in total. The van der Waals surface area contributed by atoms with Crippen LogP contribution in [0.4, 0.5) is 0 Å². The standard InChI is InChI=1S/C16H27N3O3S/c1-12-10-17-15(13(2)16(12)22-4)11-18-23(20,21)19(3)14-8-6-5-7-9-14/h10,14,18H,5-9,11H2,1-4H3. The number of nitrogens with zero attached hydrogens (tertiary/aromatic N) is 2. The molecule has 1 aromatic rings. The Kier molecular flexibility index (Phi) is 6.00. The molecule has 23 heavy (non-hydrogen) atoms. The van der Waals surface area contributed by atoms with E-state index in [2.05, 4.69) is 9.71 Å². The fourth-order valence-electron chi connectivity index (χ4n) is 3.15. The number of pyridine rings is 1. The third-order valence-electron chi connectivity index (χ3n) is 4.64. The molecule has 0 aromatic carbocycles. The van der Waals surface area contributed by atoms with E-state index in [1.54, 1.807) is 20.4 Å². The molecule has 0 atom stereocenters. The van der Waals surface area contributed by atoms with Crippen LogP contribution in [0.5, 0.6) is 5.75 Å². The van der Waals surface area contributed by atoms with Crippen LogP contribution in [0.25, 0.3) is 0 Å². The summed E-state index contributed by atoms with van der Waals surface area (Å²) in [7, 11) is -0.230. The number of ether oxygens (including phenoxy) is 1. The van der Waals surface area contributed by atoms with E-state index in [4.69, 9.17) is 4.74 Å². The molecule has 0 unspecified atom stereocenters. The van der Waals surface area contributed by atoms with Crippen molar-refractivity contribution >= 4 is 10.2 Å². The van der Waals surface area contributed by atoms with Gasteiger partial charge in [-0.3, -0.25) is 4.98 Å². The smallest absolute Gasteiger partial charge is 0.279 e. The van der Waals surface area contributed by atoms with Gasteiger partial charge in [-0.15, -0.1) is 0 Å². The summed E-state index contributed by atoms with van der Waals surface area (Å²) in [6, 6.07) is 0.0999. The summed E-state index contributed by atoms with van der Waals surface area (Å²) in [5, 5.41) is 0. The maximum atomic E-state index is 12.5. The Labute approximate surface area is 139 Å². The minimum Gasteiger partial charge on any atom is -0.496 e. The first-order chi connectivity index (χ1) is 10.9. The highest BCUT2D eigenvalue weighted by Crippen LogP contribution is 2.25. The molecule has 1 saturated carbocycles. The quantitative estimate of drug-likeness (QED) is 0.862. The van der Waals surface area contributed by atoms with Crippen LogP contribution in [0, 0.1) is 13.8 Å². The normalized spacial score (nSPS) is 16.7. The SMILES string of the molecule is COc1c(C)cnc(CNS(=O)(=O)N(C)C2CCCCC2)c1C. The summed E-state index contributed by atoms with van der Waals surface area (Å²) in [6.07, 6.45) is 6.98. The zero-order valence-electron chi connectivity index (χ0n) is 14.4. The number of hydrogen-bond acceptors (Lipinski definition) is 4. The first-order valence-electron chi connectivity index (χ1n) is 8.08. The average Bonchev–Trinajstić information content (AvgIpc) is 2.54. The molecule has 1 aromatic heterocycles. The van der Waals surface area contributed by atoms with Crippen molar-refractivity contribution in [3.8, 4) is 5.75 Å². The van der Waals surface area contributed by atoms with Gasteiger partial charge in [0.1, 0.15) is 5.75 Å². The Morgan fingerprint density at radius 1 is 1.30 bits per heavy atom. The molecular formula is C16H27N3O3S. The number of rotatable bonds is 6. The molecule has 7 heteroatoms. The summed E-state index contributed by atoms with van der Waals surface area (Å²) >= 11 is 0. The van der Waals surface area contributed by atoms with Gasteiger partial charge in [-0.2, -0.15) is 17.4 Å². The minimum absolute atomic E-state index is 0.0999. The molecule has 1 heterocycles. The monoisotopic (exact) mass is 341 g/mol. The fourth-order valence-corrected chi connectivity index (χ4v) is 4.28. The van der Waals surface area contributed by atoms with Crippen molar-refractivity contribution in [2.24, 2.45) is 0 Å².